The fourth-order valence-corrected chi connectivity index (χ4v) is 0.901. The van der Waals surface area contributed by atoms with Crippen molar-refractivity contribution in [2.75, 3.05) is 0 Å². The van der Waals surface area contributed by atoms with Crippen molar-refractivity contribution in [1.82, 2.24) is 0 Å². The zero-order valence-electron chi connectivity index (χ0n) is 7.07. The molecule has 0 heterocycles. The summed E-state index contributed by atoms with van der Waals surface area (Å²) in [5.74, 6) is 0.287. The van der Waals surface area contributed by atoms with Crippen LogP contribution >= 0.6 is 0 Å². The van der Waals surface area contributed by atoms with Gasteiger partial charge in [-0.05, 0) is 24.6 Å². The summed E-state index contributed by atoms with van der Waals surface area (Å²) < 4.78 is 4.60. The lowest BCUT2D eigenvalue weighted by Gasteiger charge is -2.01. The van der Waals surface area contributed by atoms with Gasteiger partial charge in [0.15, 0.2) is 0 Å². The minimum absolute atomic E-state index is 0.287. The number of rotatable bonds is 1. The average molecular weight is 176 g/mol. The van der Waals surface area contributed by atoms with Gasteiger partial charge in [0.1, 0.15) is 5.75 Å². The molecule has 0 aliphatic carbocycles. The smallest absolute Gasteiger partial charge is 0.409 e. The Kier molecular flexibility index (Phi) is 2.50. The SMILES string of the molecule is Cc1ccc(OC(N)=O)cc1C#N. The van der Waals surface area contributed by atoms with Crippen molar-refractivity contribution in [1.29, 1.82) is 5.26 Å². The van der Waals surface area contributed by atoms with Crippen LogP contribution in [0.25, 0.3) is 0 Å². The Morgan fingerprint density at radius 3 is 2.85 bits per heavy atom. The number of hydrogen-bond donors (Lipinski definition) is 1. The van der Waals surface area contributed by atoms with Crippen molar-refractivity contribution in [3.63, 3.8) is 0 Å². The molecule has 0 saturated heterocycles. The van der Waals surface area contributed by atoms with Crippen molar-refractivity contribution >= 4 is 6.09 Å². The van der Waals surface area contributed by atoms with Crippen molar-refractivity contribution in [2.24, 2.45) is 5.73 Å². The highest BCUT2D eigenvalue weighted by molar-refractivity contribution is 5.68. The maximum absolute atomic E-state index is 10.4. The first-order chi connectivity index (χ1) is 6.13. The summed E-state index contributed by atoms with van der Waals surface area (Å²) in [6.45, 7) is 1.80. The lowest BCUT2D eigenvalue weighted by Crippen LogP contribution is -2.16. The number of nitriles is 1. The number of hydrogen-bond acceptors (Lipinski definition) is 3. The molecule has 0 spiro atoms. The molecule has 0 aromatic heterocycles. The Labute approximate surface area is 75.5 Å². The number of nitrogens with zero attached hydrogens (tertiary/aromatic N) is 1. The monoisotopic (exact) mass is 176 g/mol. The third kappa shape index (κ3) is 2.20. The molecule has 0 aliphatic rings. The summed E-state index contributed by atoms with van der Waals surface area (Å²) in [4.78, 5) is 10.4. The molecule has 2 N–H and O–H groups in total. The van der Waals surface area contributed by atoms with Crippen LogP contribution in [0.15, 0.2) is 18.2 Å². The second-order valence-corrected chi connectivity index (χ2v) is 2.51. The van der Waals surface area contributed by atoms with Crippen LogP contribution in [0.4, 0.5) is 4.79 Å². The van der Waals surface area contributed by atoms with Crippen LogP contribution in [0.5, 0.6) is 5.75 Å². The molecule has 4 nitrogen and oxygen atoms in total. The normalized spacial score (nSPS) is 8.92. The summed E-state index contributed by atoms with van der Waals surface area (Å²) in [6, 6.07) is 6.72. The van der Waals surface area contributed by atoms with Gasteiger partial charge in [0, 0.05) is 0 Å². The van der Waals surface area contributed by atoms with Crippen molar-refractivity contribution in [2.45, 2.75) is 6.92 Å². The van der Waals surface area contributed by atoms with Gasteiger partial charge >= 0.3 is 6.09 Å². The van der Waals surface area contributed by atoms with Crippen molar-refractivity contribution in [3.8, 4) is 11.8 Å². The van der Waals surface area contributed by atoms with E-state index in [2.05, 4.69) is 4.74 Å². The number of primary amides is 1. The molecule has 0 bridgehead atoms. The summed E-state index contributed by atoms with van der Waals surface area (Å²) in [6.07, 6.45) is -0.882. The van der Waals surface area contributed by atoms with Crippen LogP contribution < -0.4 is 10.5 Å². The van der Waals surface area contributed by atoms with Crippen LogP contribution in [0.3, 0.4) is 0 Å². The lowest BCUT2D eigenvalue weighted by molar-refractivity contribution is 0.211. The molecule has 0 saturated carbocycles. The predicted octanol–water partition coefficient (Wildman–Crippen LogP) is 1.32. The van der Waals surface area contributed by atoms with Crippen LogP contribution in [-0.4, -0.2) is 6.09 Å². The third-order valence-electron chi connectivity index (χ3n) is 1.55. The maximum atomic E-state index is 10.4. The molecule has 0 unspecified atom stereocenters. The van der Waals surface area contributed by atoms with E-state index in [1.54, 1.807) is 19.1 Å². The minimum atomic E-state index is -0.882. The van der Waals surface area contributed by atoms with E-state index in [1.165, 1.54) is 6.07 Å². The first-order valence-electron chi connectivity index (χ1n) is 3.61. The fourth-order valence-electron chi connectivity index (χ4n) is 0.901. The molecule has 13 heavy (non-hydrogen) atoms. The van der Waals surface area contributed by atoms with Crippen molar-refractivity contribution in [3.05, 3.63) is 29.3 Å². The van der Waals surface area contributed by atoms with Gasteiger partial charge in [0.2, 0.25) is 0 Å². The van der Waals surface area contributed by atoms with Gasteiger partial charge in [0.05, 0.1) is 11.6 Å². The van der Waals surface area contributed by atoms with E-state index in [0.717, 1.165) is 5.56 Å². The van der Waals surface area contributed by atoms with E-state index in [1.807, 2.05) is 6.07 Å². The van der Waals surface area contributed by atoms with Gasteiger partial charge in [-0.25, -0.2) is 4.79 Å². The highest BCUT2D eigenvalue weighted by Crippen LogP contribution is 2.16. The van der Waals surface area contributed by atoms with Crippen LogP contribution in [0.2, 0.25) is 0 Å². The number of amides is 1. The van der Waals surface area contributed by atoms with Gasteiger partial charge in [-0.3, -0.25) is 0 Å². The summed E-state index contributed by atoms with van der Waals surface area (Å²) in [5.41, 5.74) is 6.11. The summed E-state index contributed by atoms with van der Waals surface area (Å²) >= 11 is 0. The molecular weight excluding hydrogens is 168 g/mol. The first-order valence-corrected chi connectivity index (χ1v) is 3.61. The van der Waals surface area contributed by atoms with E-state index in [4.69, 9.17) is 11.0 Å². The highest BCUT2D eigenvalue weighted by Gasteiger charge is 2.02. The van der Waals surface area contributed by atoms with Crippen LogP contribution in [0, 0.1) is 18.3 Å². The van der Waals surface area contributed by atoms with Gasteiger partial charge in [-0.1, -0.05) is 6.07 Å². The molecule has 0 fully saturated rings. The first kappa shape index (κ1) is 9.07. The highest BCUT2D eigenvalue weighted by atomic mass is 16.5. The second-order valence-electron chi connectivity index (χ2n) is 2.51. The van der Waals surface area contributed by atoms with Crippen LogP contribution in [0.1, 0.15) is 11.1 Å². The second kappa shape index (κ2) is 3.59. The van der Waals surface area contributed by atoms with E-state index in [9.17, 15) is 4.79 Å². The fraction of sp³-hybridized carbons (Fsp3) is 0.111. The summed E-state index contributed by atoms with van der Waals surface area (Å²) in [7, 11) is 0. The van der Waals surface area contributed by atoms with E-state index in [-0.39, 0.29) is 5.75 Å². The Bertz CT molecular complexity index is 380. The molecule has 4 heteroatoms. The third-order valence-corrected chi connectivity index (χ3v) is 1.55. The Hall–Kier alpha value is -2.02. The largest absolute Gasteiger partial charge is 0.410 e. The Morgan fingerprint density at radius 2 is 2.31 bits per heavy atom. The number of ether oxygens (including phenoxy) is 1. The van der Waals surface area contributed by atoms with Crippen molar-refractivity contribution < 1.29 is 9.53 Å². The molecule has 66 valence electrons. The topological polar surface area (TPSA) is 76.1 Å². The molecule has 1 aromatic carbocycles. The molecule has 1 rings (SSSR count). The zero-order chi connectivity index (χ0) is 9.84. The van der Waals surface area contributed by atoms with Gasteiger partial charge in [-0.2, -0.15) is 5.26 Å². The number of aryl methyl sites for hydroxylation is 1. The number of carbonyl (C=O) groups excluding carboxylic acids is 1. The van der Waals surface area contributed by atoms with Gasteiger partial charge < -0.3 is 10.5 Å². The summed E-state index contributed by atoms with van der Waals surface area (Å²) in [5, 5.41) is 8.66. The standard InChI is InChI=1S/C9H8N2O2/c1-6-2-3-8(13-9(11)12)4-7(6)5-10/h2-4H,1H3,(H2,11,12). The van der Waals surface area contributed by atoms with E-state index < -0.39 is 6.09 Å². The Morgan fingerprint density at radius 1 is 1.62 bits per heavy atom. The number of benzene rings is 1. The maximum Gasteiger partial charge on any atom is 0.409 e. The van der Waals surface area contributed by atoms with E-state index in [0.29, 0.717) is 5.56 Å². The molecule has 1 amide bonds. The molecule has 1 aromatic rings. The Balaban J connectivity index is 3.01. The molecule has 0 atom stereocenters. The molecule has 0 aliphatic heterocycles. The molecule has 0 radical (unpaired) electrons. The number of carbonyl (C=O) groups is 1. The minimum Gasteiger partial charge on any atom is -0.410 e. The van der Waals surface area contributed by atoms with Crippen LogP contribution in [-0.2, 0) is 0 Å². The average Bonchev–Trinajstić information content (AvgIpc) is 2.07. The van der Waals surface area contributed by atoms with Gasteiger partial charge in [-0.15, -0.1) is 0 Å². The zero-order valence-corrected chi connectivity index (χ0v) is 7.07. The van der Waals surface area contributed by atoms with E-state index >= 15 is 0 Å². The number of nitrogens with two attached hydrogens (primary N) is 1. The van der Waals surface area contributed by atoms with Gasteiger partial charge in [0.25, 0.3) is 0 Å². The quantitative estimate of drug-likeness (QED) is 0.701. The lowest BCUT2D eigenvalue weighted by atomic mass is 10.1. The predicted molar refractivity (Wildman–Crippen MR) is 46.1 cm³/mol. The molecular formula is C9H8N2O2.